The largest absolute Gasteiger partial charge is 0.478 e. The molecule has 0 unspecified atom stereocenters. The molecule has 0 aliphatic heterocycles. The van der Waals surface area contributed by atoms with E-state index >= 15 is 0 Å². The third kappa shape index (κ3) is 3.91. The molecule has 1 aromatic rings. The molecule has 0 atom stereocenters. The van der Waals surface area contributed by atoms with Crippen LogP contribution in [0.4, 0.5) is 0 Å². The van der Waals surface area contributed by atoms with Crippen molar-refractivity contribution in [3.63, 3.8) is 0 Å². The van der Waals surface area contributed by atoms with Gasteiger partial charge in [-0.2, -0.15) is 0 Å². The number of benzene rings is 1. The number of rotatable bonds is 5. The fraction of sp³-hybridized carbons (Fsp3) is 0.200. The standard InChI is InChI=1S/C10H11ClN2O5S/c1-12-9(14)5-13-19(17,18)6-2-3-8(11)7(4-6)10(15)16/h2-4,13H,5H2,1H3,(H,12,14)(H,15,16). The van der Waals surface area contributed by atoms with Crippen LogP contribution in [0, 0.1) is 0 Å². The summed E-state index contributed by atoms with van der Waals surface area (Å²) >= 11 is 5.63. The van der Waals surface area contributed by atoms with Crippen LogP contribution in [0.1, 0.15) is 10.4 Å². The molecule has 0 aromatic heterocycles. The average Bonchev–Trinajstić information content (AvgIpc) is 2.35. The highest BCUT2D eigenvalue weighted by molar-refractivity contribution is 7.89. The van der Waals surface area contributed by atoms with Crippen LogP contribution in [-0.2, 0) is 14.8 Å². The molecule has 7 nitrogen and oxygen atoms in total. The van der Waals surface area contributed by atoms with E-state index in [1.165, 1.54) is 13.1 Å². The molecular weight excluding hydrogens is 296 g/mol. The third-order valence-electron chi connectivity index (χ3n) is 2.18. The molecular formula is C10H11ClN2O5S. The minimum Gasteiger partial charge on any atom is -0.478 e. The van der Waals surface area contributed by atoms with Crippen molar-refractivity contribution in [2.45, 2.75) is 4.90 Å². The van der Waals surface area contributed by atoms with E-state index in [1.54, 1.807) is 0 Å². The zero-order chi connectivity index (χ0) is 14.6. The van der Waals surface area contributed by atoms with Crippen molar-refractivity contribution in [1.82, 2.24) is 10.0 Å². The van der Waals surface area contributed by atoms with Crippen LogP contribution < -0.4 is 10.0 Å². The zero-order valence-corrected chi connectivity index (χ0v) is 11.4. The number of carboxylic acid groups (broad SMARTS) is 1. The number of aromatic carboxylic acids is 1. The number of carboxylic acids is 1. The second-order valence-electron chi connectivity index (χ2n) is 3.44. The van der Waals surface area contributed by atoms with Crippen molar-refractivity contribution in [3.05, 3.63) is 28.8 Å². The molecule has 1 rings (SSSR count). The second-order valence-corrected chi connectivity index (χ2v) is 5.62. The number of carbonyl (C=O) groups is 2. The van der Waals surface area contributed by atoms with Gasteiger partial charge in [0, 0.05) is 7.05 Å². The van der Waals surface area contributed by atoms with Crippen LogP contribution in [0.5, 0.6) is 0 Å². The first-order valence-electron chi connectivity index (χ1n) is 5.01. The van der Waals surface area contributed by atoms with Crippen molar-refractivity contribution in [3.8, 4) is 0 Å². The maximum Gasteiger partial charge on any atom is 0.337 e. The van der Waals surface area contributed by atoms with Gasteiger partial charge in [0.25, 0.3) is 0 Å². The normalized spacial score (nSPS) is 11.1. The summed E-state index contributed by atoms with van der Waals surface area (Å²) in [5.74, 6) is -1.86. The number of halogens is 1. The number of carbonyl (C=O) groups excluding carboxylic acids is 1. The van der Waals surface area contributed by atoms with Gasteiger partial charge in [0.15, 0.2) is 0 Å². The smallest absolute Gasteiger partial charge is 0.337 e. The molecule has 3 N–H and O–H groups in total. The fourth-order valence-corrected chi connectivity index (χ4v) is 2.37. The van der Waals surface area contributed by atoms with Gasteiger partial charge < -0.3 is 10.4 Å². The molecule has 0 aliphatic rings. The highest BCUT2D eigenvalue weighted by atomic mass is 35.5. The molecule has 19 heavy (non-hydrogen) atoms. The second kappa shape index (κ2) is 6.00. The van der Waals surface area contributed by atoms with Crippen molar-refractivity contribution < 1.29 is 23.1 Å². The lowest BCUT2D eigenvalue weighted by Gasteiger charge is -2.07. The third-order valence-corrected chi connectivity index (χ3v) is 3.91. The van der Waals surface area contributed by atoms with Gasteiger partial charge in [0.05, 0.1) is 22.0 Å². The maximum absolute atomic E-state index is 11.8. The zero-order valence-electron chi connectivity index (χ0n) is 9.81. The lowest BCUT2D eigenvalue weighted by Crippen LogP contribution is -2.35. The van der Waals surface area contributed by atoms with Crippen LogP contribution in [0.3, 0.4) is 0 Å². The van der Waals surface area contributed by atoms with Gasteiger partial charge in [-0.3, -0.25) is 4.79 Å². The molecule has 0 bridgehead atoms. The number of amides is 1. The van der Waals surface area contributed by atoms with Gasteiger partial charge in [-0.15, -0.1) is 0 Å². The fourth-order valence-electron chi connectivity index (χ4n) is 1.17. The van der Waals surface area contributed by atoms with Crippen molar-refractivity contribution >= 4 is 33.5 Å². The van der Waals surface area contributed by atoms with E-state index in [9.17, 15) is 18.0 Å². The SMILES string of the molecule is CNC(=O)CNS(=O)(=O)c1ccc(Cl)c(C(=O)O)c1. The first-order valence-corrected chi connectivity index (χ1v) is 6.87. The summed E-state index contributed by atoms with van der Waals surface area (Å²) in [6.07, 6.45) is 0. The van der Waals surface area contributed by atoms with Crippen LogP contribution in [0.15, 0.2) is 23.1 Å². The predicted octanol–water partition coefficient (Wildman–Crippen LogP) is 0.0625. The summed E-state index contributed by atoms with van der Waals surface area (Å²) in [6.45, 7) is -0.441. The van der Waals surface area contributed by atoms with Crippen LogP contribution >= 0.6 is 11.6 Å². The molecule has 0 saturated carbocycles. The lowest BCUT2D eigenvalue weighted by atomic mass is 10.2. The molecule has 1 aromatic carbocycles. The Morgan fingerprint density at radius 3 is 2.53 bits per heavy atom. The molecule has 0 aliphatic carbocycles. The number of hydrogen-bond donors (Lipinski definition) is 3. The van der Waals surface area contributed by atoms with Gasteiger partial charge in [0.1, 0.15) is 0 Å². The van der Waals surface area contributed by atoms with E-state index in [4.69, 9.17) is 16.7 Å². The van der Waals surface area contributed by atoms with Crippen molar-refractivity contribution in [1.29, 1.82) is 0 Å². The molecule has 0 fully saturated rings. The van der Waals surface area contributed by atoms with Crippen LogP contribution in [-0.4, -0.2) is 39.0 Å². The van der Waals surface area contributed by atoms with E-state index in [0.29, 0.717) is 0 Å². The number of nitrogens with one attached hydrogen (secondary N) is 2. The summed E-state index contributed by atoms with van der Waals surface area (Å²) in [5, 5.41) is 11.0. The minimum absolute atomic E-state index is 0.0715. The number of hydrogen-bond acceptors (Lipinski definition) is 4. The molecule has 0 radical (unpaired) electrons. The summed E-state index contributed by atoms with van der Waals surface area (Å²) in [6, 6.07) is 3.25. The van der Waals surface area contributed by atoms with Crippen molar-refractivity contribution in [2.75, 3.05) is 13.6 Å². The minimum atomic E-state index is -3.97. The summed E-state index contributed by atoms with van der Waals surface area (Å²) in [5.41, 5.74) is -0.329. The van der Waals surface area contributed by atoms with Crippen molar-refractivity contribution in [2.24, 2.45) is 0 Å². The first kappa shape index (κ1) is 15.4. The lowest BCUT2D eigenvalue weighted by molar-refractivity contribution is -0.119. The van der Waals surface area contributed by atoms with Gasteiger partial charge in [-0.05, 0) is 18.2 Å². The van der Waals surface area contributed by atoms with E-state index in [2.05, 4.69) is 5.32 Å². The van der Waals surface area contributed by atoms with Gasteiger partial charge in [-0.25, -0.2) is 17.9 Å². The predicted molar refractivity (Wildman–Crippen MR) is 67.7 cm³/mol. The van der Waals surface area contributed by atoms with E-state index in [1.807, 2.05) is 4.72 Å². The molecule has 0 spiro atoms. The van der Waals surface area contributed by atoms with E-state index in [-0.39, 0.29) is 15.5 Å². The molecule has 9 heteroatoms. The summed E-state index contributed by atoms with van der Waals surface area (Å²) in [4.78, 5) is 21.5. The van der Waals surface area contributed by atoms with Crippen LogP contribution in [0.2, 0.25) is 5.02 Å². The summed E-state index contributed by atoms with van der Waals surface area (Å²) in [7, 11) is -2.61. The number of likely N-dealkylation sites (N-methyl/N-ethyl adjacent to an activating group) is 1. The van der Waals surface area contributed by atoms with Crippen LogP contribution in [0.25, 0.3) is 0 Å². The molecule has 0 heterocycles. The Kier molecular flexibility index (Phi) is 4.87. The maximum atomic E-state index is 11.8. The van der Waals surface area contributed by atoms with E-state index < -0.39 is 28.4 Å². The van der Waals surface area contributed by atoms with Gasteiger partial charge >= 0.3 is 5.97 Å². The Bertz CT molecular complexity index is 614. The Morgan fingerprint density at radius 2 is 2.00 bits per heavy atom. The Hall–Kier alpha value is -1.64. The molecule has 0 saturated heterocycles. The number of sulfonamides is 1. The Morgan fingerprint density at radius 1 is 1.37 bits per heavy atom. The quantitative estimate of drug-likeness (QED) is 0.712. The highest BCUT2D eigenvalue weighted by Gasteiger charge is 2.18. The Balaban J connectivity index is 3.05. The summed E-state index contributed by atoms with van der Waals surface area (Å²) < 4.78 is 25.7. The van der Waals surface area contributed by atoms with Gasteiger partial charge in [0.2, 0.25) is 15.9 Å². The van der Waals surface area contributed by atoms with E-state index in [0.717, 1.165) is 12.1 Å². The molecule has 104 valence electrons. The Labute approximate surface area is 114 Å². The monoisotopic (exact) mass is 306 g/mol. The molecule has 1 amide bonds. The average molecular weight is 307 g/mol. The topological polar surface area (TPSA) is 113 Å². The highest BCUT2D eigenvalue weighted by Crippen LogP contribution is 2.20. The van der Waals surface area contributed by atoms with Gasteiger partial charge in [-0.1, -0.05) is 11.6 Å². The first-order chi connectivity index (χ1) is 8.77.